The van der Waals surface area contributed by atoms with Crippen molar-refractivity contribution in [3.8, 4) is 0 Å². The minimum atomic E-state index is -1.59. The molecular weight excluding hydrogens is 380 g/mol. The van der Waals surface area contributed by atoms with Gasteiger partial charge in [0, 0.05) is 6.54 Å². The summed E-state index contributed by atoms with van der Waals surface area (Å²) in [6.45, 7) is -0.374. The minimum absolute atomic E-state index is 0.213. The molecule has 13 heteroatoms. The summed E-state index contributed by atoms with van der Waals surface area (Å²) in [7, 11) is 0. The maximum atomic E-state index is 12.2. The lowest BCUT2D eigenvalue weighted by atomic mass is 10.1. The highest BCUT2D eigenvalue weighted by molar-refractivity contribution is 5.95. The van der Waals surface area contributed by atoms with E-state index in [1.165, 1.54) is 0 Å². The molecule has 0 spiro atoms. The second kappa shape index (κ2) is 10.2. The highest BCUT2D eigenvalue weighted by atomic mass is 16.4. The van der Waals surface area contributed by atoms with Crippen LogP contribution in [0.3, 0.4) is 0 Å². The van der Waals surface area contributed by atoms with Crippen molar-refractivity contribution >= 4 is 35.6 Å². The molecule has 1 aliphatic rings. The molecule has 13 nitrogen and oxygen atoms in total. The quantitative estimate of drug-likeness (QED) is 0.217. The van der Waals surface area contributed by atoms with Crippen molar-refractivity contribution in [2.24, 2.45) is 5.73 Å². The van der Waals surface area contributed by atoms with Crippen molar-refractivity contribution in [1.29, 1.82) is 0 Å². The molecule has 1 fully saturated rings. The van der Waals surface area contributed by atoms with Gasteiger partial charge < -0.3 is 36.6 Å². The summed E-state index contributed by atoms with van der Waals surface area (Å²) in [5.74, 6) is -6.66. The number of carboxylic acid groups (broad SMARTS) is 3. The second-order valence-corrected chi connectivity index (χ2v) is 6.16. The van der Waals surface area contributed by atoms with Crippen molar-refractivity contribution < 1.29 is 44.1 Å². The van der Waals surface area contributed by atoms with E-state index in [9.17, 15) is 28.8 Å². The first-order chi connectivity index (χ1) is 13.0. The molecule has 1 heterocycles. The molecule has 0 aromatic carbocycles. The van der Waals surface area contributed by atoms with E-state index in [-0.39, 0.29) is 13.0 Å². The standard InChI is InChI=1S/C15H22N4O9/c16-7(4-11(21)22)13(25)18-8(5-12(23)24)14(26)17-6-10(20)19-3-1-2-9(19)15(27)28/h7-9H,1-6,16H2,(H,17,26)(H,18,25)(H,21,22)(H,23,24)(H,27,28). The van der Waals surface area contributed by atoms with Gasteiger partial charge in [-0.1, -0.05) is 0 Å². The number of aliphatic carboxylic acids is 3. The van der Waals surface area contributed by atoms with Gasteiger partial charge in [-0.25, -0.2) is 4.79 Å². The summed E-state index contributed by atoms with van der Waals surface area (Å²) in [5, 5.41) is 30.7. The number of carbonyl (C=O) groups excluding carboxylic acids is 3. The maximum Gasteiger partial charge on any atom is 0.326 e. The van der Waals surface area contributed by atoms with Crippen LogP contribution in [0, 0.1) is 0 Å². The molecule has 0 bridgehead atoms. The first kappa shape index (κ1) is 22.8. The van der Waals surface area contributed by atoms with E-state index in [2.05, 4.69) is 5.32 Å². The number of hydrogen-bond donors (Lipinski definition) is 6. The van der Waals surface area contributed by atoms with E-state index in [1.807, 2.05) is 5.32 Å². The number of likely N-dealkylation sites (tertiary alicyclic amines) is 1. The van der Waals surface area contributed by atoms with Crippen molar-refractivity contribution in [3.05, 3.63) is 0 Å². The minimum Gasteiger partial charge on any atom is -0.481 e. The number of nitrogens with two attached hydrogens (primary N) is 1. The fourth-order valence-electron chi connectivity index (χ4n) is 2.65. The second-order valence-electron chi connectivity index (χ2n) is 6.16. The maximum absolute atomic E-state index is 12.2. The average molecular weight is 402 g/mol. The Kier molecular flexibility index (Phi) is 8.31. The lowest BCUT2D eigenvalue weighted by Crippen LogP contribution is -2.54. The molecule has 7 N–H and O–H groups in total. The molecule has 3 atom stereocenters. The van der Waals surface area contributed by atoms with Crippen LogP contribution in [0.5, 0.6) is 0 Å². The third-order valence-electron chi connectivity index (χ3n) is 4.02. The van der Waals surface area contributed by atoms with Crippen LogP contribution in [0.15, 0.2) is 0 Å². The number of nitrogens with one attached hydrogen (secondary N) is 2. The molecule has 28 heavy (non-hydrogen) atoms. The van der Waals surface area contributed by atoms with Crippen LogP contribution in [0.1, 0.15) is 25.7 Å². The molecule has 1 aliphatic heterocycles. The summed E-state index contributed by atoms with van der Waals surface area (Å²) in [4.78, 5) is 69.8. The highest BCUT2D eigenvalue weighted by Crippen LogP contribution is 2.17. The monoisotopic (exact) mass is 402 g/mol. The van der Waals surface area contributed by atoms with Crippen molar-refractivity contribution in [2.75, 3.05) is 13.1 Å². The Labute approximate surface area is 158 Å². The molecule has 3 amide bonds. The topological polar surface area (TPSA) is 216 Å². The van der Waals surface area contributed by atoms with Crippen molar-refractivity contribution in [2.45, 2.75) is 43.8 Å². The SMILES string of the molecule is NC(CC(=O)O)C(=O)NC(CC(=O)O)C(=O)NCC(=O)N1CCCC1C(=O)O. The molecule has 0 aromatic heterocycles. The largest absolute Gasteiger partial charge is 0.481 e. The van der Waals surface area contributed by atoms with E-state index >= 15 is 0 Å². The highest BCUT2D eigenvalue weighted by Gasteiger charge is 2.34. The predicted molar refractivity (Wildman–Crippen MR) is 89.8 cm³/mol. The zero-order chi connectivity index (χ0) is 21.4. The number of carbonyl (C=O) groups is 6. The fraction of sp³-hybridized carbons (Fsp3) is 0.600. The Bertz CT molecular complexity index is 666. The predicted octanol–water partition coefficient (Wildman–Crippen LogP) is -3.06. The zero-order valence-electron chi connectivity index (χ0n) is 14.8. The summed E-state index contributed by atoms with van der Waals surface area (Å²) in [6, 6.07) is -4.08. The normalized spacial score (nSPS) is 18.0. The van der Waals surface area contributed by atoms with Crippen molar-refractivity contribution in [1.82, 2.24) is 15.5 Å². The smallest absolute Gasteiger partial charge is 0.326 e. The van der Waals surface area contributed by atoms with Gasteiger partial charge in [0.2, 0.25) is 17.7 Å². The Morgan fingerprint density at radius 2 is 1.61 bits per heavy atom. The molecule has 156 valence electrons. The van der Waals surface area contributed by atoms with Gasteiger partial charge >= 0.3 is 17.9 Å². The van der Waals surface area contributed by atoms with Crippen LogP contribution in [0.4, 0.5) is 0 Å². The van der Waals surface area contributed by atoms with Gasteiger partial charge in [0.15, 0.2) is 0 Å². The number of rotatable bonds is 10. The van der Waals surface area contributed by atoms with Crippen LogP contribution >= 0.6 is 0 Å². The lowest BCUT2D eigenvalue weighted by Gasteiger charge is -2.23. The van der Waals surface area contributed by atoms with Crippen molar-refractivity contribution in [3.63, 3.8) is 0 Å². The van der Waals surface area contributed by atoms with E-state index in [0.29, 0.717) is 6.42 Å². The van der Waals surface area contributed by atoms with E-state index in [4.69, 9.17) is 21.1 Å². The fourth-order valence-corrected chi connectivity index (χ4v) is 2.65. The zero-order valence-corrected chi connectivity index (χ0v) is 14.8. The van der Waals surface area contributed by atoms with E-state index < -0.39 is 73.1 Å². The summed E-state index contributed by atoms with van der Waals surface area (Å²) < 4.78 is 0. The molecule has 0 radical (unpaired) electrons. The summed E-state index contributed by atoms with van der Waals surface area (Å²) in [5.41, 5.74) is 5.36. The van der Waals surface area contributed by atoms with Gasteiger partial charge in [-0.15, -0.1) is 0 Å². The third-order valence-corrected chi connectivity index (χ3v) is 4.02. The summed E-state index contributed by atoms with van der Waals surface area (Å²) in [6.07, 6.45) is -0.770. The molecule has 3 unspecified atom stereocenters. The lowest BCUT2D eigenvalue weighted by molar-refractivity contribution is -0.148. The third kappa shape index (κ3) is 6.83. The average Bonchev–Trinajstić information content (AvgIpc) is 3.07. The number of carboxylic acids is 3. The molecule has 1 rings (SSSR count). The molecule has 1 saturated heterocycles. The van der Waals surface area contributed by atoms with Crippen LogP contribution in [-0.4, -0.2) is 87.1 Å². The Balaban J connectivity index is 2.68. The van der Waals surface area contributed by atoms with E-state index in [0.717, 1.165) is 4.90 Å². The van der Waals surface area contributed by atoms with Gasteiger partial charge in [-0.2, -0.15) is 0 Å². The number of nitrogens with zero attached hydrogens (tertiary/aromatic N) is 1. The van der Waals surface area contributed by atoms with Crippen LogP contribution in [-0.2, 0) is 28.8 Å². The van der Waals surface area contributed by atoms with Crippen LogP contribution < -0.4 is 16.4 Å². The number of hydrogen-bond acceptors (Lipinski definition) is 7. The van der Waals surface area contributed by atoms with E-state index in [1.54, 1.807) is 0 Å². The van der Waals surface area contributed by atoms with Gasteiger partial charge in [0.25, 0.3) is 0 Å². The molecule has 0 aliphatic carbocycles. The van der Waals surface area contributed by atoms with Gasteiger partial charge in [-0.05, 0) is 12.8 Å². The first-order valence-corrected chi connectivity index (χ1v) is 8.32. The first-order valence-electron chi connectivity index (χ1n) is 8.32. The molecular formula is C15H22N4O9. The molecule has 0 saturated carbocycles. The van der Waals surface area contributed by atoms with Gasteiger partial charge in [0.05, 0.1) is 25.4 Å². The van der Waals surface area contributed by atoms with Crippen LogP contribution in [0.2, 0.25) is 0 Å². The van der Waals surface area contributed by atoms with Crippen LogP contribution in [0.25, 0.3) is 0 Å². The Morgan fingerprint density at radius 3 is 2.14 bits per heavy atom. The number of amides is 3. The Morgan fingerprint density at radius 1 is 1.00 bits per heavy atom. The van der Waals surface area contributed by atoms with Gasteiger partial charge in [0.1, 0.15) is 12.1 Å². The van der Waals surface area contributed by atoms with Gasteiger partial charge in [-0.3, -0.25) is 24.0 Å². The molecule has 0 aromatic rings. The Hall–Kier alpha value is -3.22. The summed E-state index contributed by atoms with van der Waals surface area (Å²) >= 11 is 0.